The van der Waals surface area contributed by atoms with Crippen molar-refractivity contribution in [3.8, 4) is 0 Å². The van der Waals surface area contributed by atoms with Gasteiger partial charge in [0.1, 0.15) is 6.10 Å². The molecule has 24 heavy (non-hydrogen) atoms. The molecule has 1 unspecified atom stereocenters. The lowest BCUT2D eigenvalue weighted by molar-refractivity contribution is -0.133. The van der Waals surface area contributed by atoms with Crippen molar-refractivity contribution in [2.45, 2.75) is 64.4 Å². The predicted molar refractivity (Wildman–Crippen MR) is 89.6 cm³/mol. The SMILES string of the molecule is CC(=CC(=O)NNC(=O)C1CCCO1)C12CC3CC(CC(C3)C1)C2. The Hall–Kier alpha value is -1.36. The van der Waals surface area contributed by atoms with Gasteiger partial charge in [-0.25, -0.2) is 0 Å². The topological polar surface area (TPSA) is 67.4 Å². The Labute approximate surface area is 143 Å². The van der Waals surface area contributed by atoms with Gasteiger partial charge in [-0.15, -0.1) is 0 Å². The highest BCUT2D eigenvalue weighted by Gasteiger charge is 2.51. The van der Waals surface area contributed by atoms with Crippen molar-refractivity contribution >= 4 is 11.8 Å². The number of hydrogen-bond donors (Lipinski definition) is 2. The van der Waals surface area contributed by atoms with Crippen LogP contribution >= 0.6 is 0 Å². The molecule has 2 N–H and O–H groups in total. The average Bonchev–Trinajstić information content (AvgIpc) is 3.05. The van der Waals surface area contributed by atoms with E-state index >= 15 is 0 Å². The van der Waals surface area contributed by atoms with Crippen LogP contribution in [0, 0.1) is 23.2 Å². The van der Waals surface area contributed by atoms with E-state index in [-0.39, 0.29) is 17.2 Å². The molecular weight excluding hydrogens is 304 g/mol. The van der Waals surface area contributed by atoms with Crippen LogP contribution in [0.5, 0.6) is 0 Å². The Balaban J connectivity index is 1.36. The molecule has 5 rings (SSSR count). The van der Waals surface area contributed by atoms with Crippen LogP contribution in [-0.4, -0.2) is 24.5 Å². The summed E-state index contributed by atoms with van der Waals surface area (Å²) in [6, 6.07) is 0. The van der Waals surface area contributed by atoms with Gasteiger partial charge in [0.05, 0.1) is 0 Å². The van der Waals surface area contributed by atoms with Crippen molar-refractivity contribution < 1.29 is 14.3 Å². The zero-order valence-corrected chi connectivity index (χ0v) is 14.5. The largest absolute Gasteiger partial charge is 0.368 e. The predicted octanol–water partition coefficient (Wildman–Crippen LogP) is 2.48. The summed E-state index contributed by atoms with van der Waals surface area (Å²) >= 11 is 0. The van der Waals surface area contributed by atoms with Crippen LogP contribution in [0.4, 0.5) is 0 Å². The molecule has 4 saturated carbocycles. The lowest BCUT2D eigenvalue weighted by Crippen LogP contribution is -2.48. The molecule has 1 saturated heterocycles. The summed E-state index contributed by atoms with van der Waals surface area (Å²) in [6.07, 6.45) is 10.9. The molecule has 2 amide bonds. The van der Waals surface area contributed by atoms with Crippen LogP contribution in [0.1, 0.15) is 58.3 Å². The first-order chi connectivity index (χ1) is 11.5. The second kappa shape index (κ2) is 6.17. The van der Waals surface area contributed by atoms with Gasteiger partial charge in [-0.1, -0.05) is 5.57 Å². The molecule has 1 atom stereocenters. The normalized spacial score (nSPS) is 40.6. The third-order valence-electron chi connectivity index (χ3n) is 6.75. The smallest absolute Gasteiger partial charge is 0.267 e. The minimum atomic E-state index is -0.418. The molecule has 0 aromatic heterocycles. The van der Waals surface area contributed by atoms with E-state index in [0.717, 1.165) is 30.6 Å². The Morgan fingerprint density at radius 1 is 1.04 bits per heavy atom. The maximum Gasteiger partial charge on any atom is 0.267 e. The first kappa shape index (κ1) is 16.1. The summed E-state index contributed by atoms with van der Waals surface area (Å²) in [5.74, 6) is 2.11. The van der Waals surface area contributed by atoms with E-state index in [2.05, 4.69) is 17.8 Å². The van der Waals surface area contributed by atoms with E-state index in [4.69, 9.17) is 4.74 Å². The summed E-state index contributed by atoms with van der Waals surface area (Å²) in [5, 5.41) is 0. The highest BCUT2D eigenvalue weighted by atomic mass is 16.5. The summed E-state index contributed by atoms with van der Waals surface area (Å²) in [5.41, 5.74) is 6.46. The Kier molecular flexibility index (Phi) is 4.15. The maximum absolute atomic E-state index is 12.2. The quantitative estimate of drug-likeness (QED) is 0.616. The lowest BCUT2D eigenvalue weighted by Gasteiger charge is -2.57. The van der Waals surface area contributed by atoms with Crippen molar-refractivity contribution in [3.05, 3.63) is 11.6 Å². The van der Waals surface area contributed by atoms with Gasteiger partial charge >= 0.3 is 0 Å². The average molecular weight is 332 g/mol. The number of allylic oxidation sites excluding steroid dienone is 1. The first-order valence-electron chi connectivity index (χ1n) is 9.44. The fourth-order valence-electron chi connectivity index (χ4n) is 5.97. The van der Waals surface area contributed by atoms with Gasteiger partial charge in [0, 0.05) is 12.7 Å². The number of carbonyl (C=O) groups excluding carboxylic acids is 2. The molecule has 1 heterocycles. The molecule has 5 nitrogen and oxygen atoms in total. The van der Waals surface area contributed by atoms with Crippen LogP contribution in [0.3, 0.4) is 0 Å². The molecule has 0 aromatic rings. The molecule has 5 fully saturated rings. The van der Waals surface area contributed by atoms with Crippen LogP contribution in [0.15, 0.2) is 11.6 Å². The summed E-state index contributed by atoms with van der Waals surface area (Å²) in [4.78, 5) is 24.1. The Morgan fingerprint density at radius 3 is 2.21 bits per heavy atom. The zero-order valence-electron chi connectivity index (χ0n) is 14.5. The van der Waals surface area contributed by atoms with Gasteiger partial charge in [0.2, 0.25) is 0 Å². The van der Waals surface area contributed by atoms with E-state index in [9.17, 15) is 9.59 Å². The fraction of sp³-hybridized carbons (Fsp3) is 0.789. The number of hydrazine groups is 1. The van der Waals surface area contributed by atoms with Crippen molar-refractivity contribution in [2.24, 2.45) is 23.2 Å². The molecule has 0 aromatic carbocycles. The van der Waals surface area contributed by atoms with Crippen molar-refractivity contribution in [3.63, 3.8) is 0 Å². The molecule has 4 aliphatic carbocycles. The van der Waals surface area contributed by atoms with Gasteiger partial charge < -0.3 is 4.74 Å². The molecular formula is C19H28N2O3. The van der Waals surface area contributed by atoms with Crippen molar-refractivity contribution in [2.75, 3.05) is 6.61 Å². The number of carbonyl (C=O) groups is 2. The highest BCUT2D eigenvalue weighted by Crippen LogP contribution is 2.62. The Bertz CT molecular complexity index is 528. The lowest BCUT2D eigenvalue weighted by atomic mass is 9.48. The molecule has 5 heteroatoms. The minimum absolute atomic E-state index is 0.227. The minimum Gasteiger partial charge on any atom is -0.368 e. The second-order valence-electron chi connectivity index (χ2n) is 8.51. The fourth-order valence-corrected chi connectivity index (χ4v) is 5.97. The van der Waals surface area contributed by atoms with Crippen LogP contribution in [-0.2, 0) is 14.3 Å². The molecule has 0 radical (unpaired) electrons. The Morgan fingerprint density at radius 2 is 1.67 bits per heavy atom. The summed E-state index contributed by atoms with van der Waals surface area (Å²) in [7, 11) is 0. The van der Waals surface area contributed by atoms with E-state index in [1.165, 1.54) is 44.1 Å². The van der Waals surface area contributed by atoms with Gasteiger partial charge in [-0.3, -0.25) is 20.4 Å². The zero-order chi connectivity index (χ0) is 16.7. The van der Waals surface area contributed by atoms with E-state index < -0.39 is 6.10 Å². The summed E-state index contributed by atoms with van der Waals surface area (Å²) in [6.45, 7) is 2.73. The molecule has 1 aliphatic heterocycles. The number of ether oxygens (including phenoxy) is 1. The van der Waals surface area contributed by atoms with E-state index in [1.807, 2.05) is 0 Å². The van der Waals surface area contributed by atoms with Crippen LogP contribution < -0.4 is 10.9 Å². The number of rotatable bonds is 3. The van der Waals surface area contributed by atoms with Gasteiger partial charge in [0.15, 0.2) is 0 Å². The monoisotopic (exact) mass is 332 g/mol. The maximum atomic E-state index is 12.2. The highest BCUT2D eigenvalue weighted by molar-refractivity contribution is 5.91. The number of hydrogen-bond acceptors (Lipinski definition) is 3. The van der Waals surface area contributed by atoms with Gasteiger partial charge in [0.25, 0.3) is 11.8 Å². The number of amides is 2. The summed E-state index contributed by atoms with van der Waals surface area (Å²) < 4.78 is 5.31. The van der Waals surface area contributed by atoms with Crippen molar-refractivity contribution in [1.29, 1.82) is 0 Å². The third kappa shape index (κ3) is 2.99. The van der Waals surface area contributed by atoms with E-state index in [1.54, 1.807) is 6.08 Å². The molecule has 4 bridgehead atoms. The van der Waals surface area contributed by atoms with E-state index in [0.29, 0.717) is 6.61 Å². The van der Waals surface area contributed by atoms with Gasteiger partial charge in [-0.2, -0.15) is 0 Å². The van der Waals surface area contributed by atoms with Crippen LogP contribution in [0.2, 0.25) is 0 Å². The standard InChI is InChI=1S/C19H28N2O3/c1-12(5-17(22)20-21-18(23)16-3-2-4-24-16)19-9-13-6-14(10-19)8-15(7-13)11-19/h5,13-16H,2-4,6-11H2,1H3,(H,20,22)(H,21,23). The number of nitrogens with one attached hydrogen (secondary N) is 2. The van der Waals surface area contributed by atoms with Crippen molar-refractivity contribution in [1.82, 2.24) is 10.9 Å². The van der Waals surface area contributed by atoms with Gasteiger partial charge in [-0.05, 0) is 81.5 Å². The first-order valence-corrected chi connectivity index (χ1v) is 9.44. The molecule has 0 spiro atoms. The van der Waals surface area contributed by atoms with Crippen LogP contribution in [0.25, 0.3) is 0 Å². The third-order valence-corrected chi connectivity index (χ3v) is 6.75. The molecule has 132 valence electrons. The molecule has 5 aliphatic rings. The second-order valence-corrected chi connectivity index (χ2v) is 8.51.